The second-order valence-electron chi connectivity index (χ2n) is 5.88. The first kappa shape index (κ1) is 16.3. The average molecular weight is 364 g/mol. The predicted octanol–water partition coefficient (Wildman–Crippen LogP) is 2.79. The van der Waals surface area contributed by atoms with Gasteiger partial charge in [0.1, 0.15) is 5.01 Å². The molecule has 0 fully saturated rings. The predicted molar refractivity (Wildman–Crippen MR) is 99.0 cm³/mol. The van der Waals surface area contributed by atoms with E-state index in [9.17, 15) is 4.79 Å². The van der Waals surface area contributed by atoms with E-state index in [1.807, 2.05) is 55.6 Å². The van der Waals surface area contributed by atoms with Crippen LogP contribution in [-0.4, -0.2) is 30.5 Å². The highest BCUT2D eigenvalue weighted by Crippen LogP contribution is 2.23. The van der Waals surface area contributed by atoms with E-state index in [4.69, 9.17) is 0 Å². The van der Waals surface area contributed by atoms with Crippen LogP contribution >= 0.6 is 11.3 Å². The Morgan fingerprint density at radius 2 is 1.96 bits per heavy atom. The fourth-order valence-corrected chi connectivity index (χ4v) is 3.44. The lowest BCUT2D eigenvalue weighted by Gasteiger charge is -1.99. The van der Waals surface area contributed by atoms with Crippen molar-refractivity contribution in [3.63, 3.8) is 0 Å². The Labute approximate surface area is 153 Å². The van der Waals surface area contributed by atoms with Crippen molar-refractivity contribution in [2.75, 3.05) is 0 Å². The maximum atomic E-state index is 12.4. The molecule has 1 aromatic carbocycles. The topological polar surface area (TPSA) is 85.1 Å². The van der Waals surface area contributed by atoms with Gasteiger partial charge in [0.25, 0.3) is 11.7 Å². The summed E-state index contributed by atoms with van der Waals surface area (Å²) in [5.74, 6) is 0.180. The van der Waals surface area contributed by atoms with E-state index in [1.165, 1.54) is 0 Å². The number of nitrogens with one attached hydrogen (secondary N) is 1. The number of aromatic nitrogens is 5. The molecule has 0 aliphatic carbocycles. The number of amides is 1. The minimum atomic E-state index is -0.346. The number of nitrogens with zero attached hydrogens (tertiary/aromatic N) is 5. The smallest absolute Gasteiger partial charge is 0.291 e. The van der Waals surface area contributed by atoms with E-state index >= 15 is 0 Å². The largest absolute Gasteiger partial charge is 0.344 e. The summed E-state index contributed by atoms with van der Waals surface area (Å²) in [5, 5.41) is 9.91. The van der Waals surface area contributed by atoms with Crippen LogP contribution in [0.5, 0.6) is 0 Å². The molecule has 0 saturated heterocycles. The van der Waals surface area contributed by atoms with Gasteiger partial charge in [-0.1, -0.05) is 30.3 Å². The fraction of sp³-hybridized carbons (Fsp3) is 0.167. The molecular weight excluding hydrogens is 348 g/mol. The number of carbonyl (C=O) groups is 1. The average Bonchev–Trinajstić information content (AvgIpc) is 3.27. The van der Waals surface area contributed by atoms with Crippen LogP contribution in [0.25, 0.3) is 16.3 Å². The fourth-order valence-electron chi connectivity index (χ4n) is 2.61. The number of thiazole rings is 1. The normalized spacial score (nSPS) is 11.0. The molecule has 0 aliphatic rings. The van der Waals surface area contributed by atoms with Crippen molar-refractivity contribution in [2.24, 2.45) is 0 Å². The highest BCUT2D eigenvalue weighted by atomic mass is 32.1. The second kappa shape index (κ2) is 6.64. The minimum Gasteiger partial charge on any atom is -0.344 e. The van der Waals surface area contributed by atoms with Crippen LogP contribution in [-0.2, 0) is 6.54 Å². The van der Waals surface area contributed by atoms with E-state index < -0.39 is 0 Å². The Bertz CT molecular complexity index is 1090. The zero-order valence-electron chi connectivity index (χ0n) is 14.3. The maximum absolute atomic E-state index is 12.4. The van der Waals surface area contributed by atoms with E-state index in [0.717, 1.165) is 27.7 Å². The molecule has 8 heteroatoms. The summed E-state index contributed by atoms with van der Waals surface area (Å²) in [4.78, 5) is 25.4. The molecule has 4 rings (SSSR count). The second-order valence-corrected chi connectivity index (χ2v) is 6.74. The van der Waals surface area contributed by atoms with Crippen LogP contribution < -0.4 is 5.32 Å². The van der Waals surface area contributed by atoms with Gasteiger partial charge < -0.3 is 5.32 Å². The molecule has 0 aliphatic heterocycles. The van der Waals surface area contributed by atoms with Gasteiger partial charge in [0.05, 0.1) is 12.2 Å². The zero-order chi connectivity index (χ0) is 18.1. The summed E-state index contributed by atoms with van der Waals surface area (Å²) in [6.45, 7) is 4.11. The van der Waals surface area contributed by atoms with E-state index in [-0.39, 0.29) is 11.7 Å². The molecule has 130 valence electrons. The molecule has 0 unspecified atom stereocenters. The summed E-state index contributed by atoms with van der Waals surface area (Å²) in [6, 6.07) is 11.8. The van der Waals surface area contributed by atoms with Crippen molar-refractivity contribution in [1.82, 2.24) is 29.9 Å². The number of rotatable bonds is 4. The quantitative estimate of drug-likeness (QED) is 0.602. The maximum Gasteiger partial charge on any atom is 0.291 e. The van der Waals surface area contributed by atoms with Gasteiger partial charge in [-0.3, -0.25) is 4.79 Å². The molecule has 0 bridgehead atoms. The van der Waals surface area contributed by atoms with Crippen molar-refractivity contribution in [2.45, 2.75) is 20.4 Å². The molecule has 0 saturated carbocycles. The lowest BCUT2D eigenvalue weighted by atomic mass is 10.2. The molecule has 0 radical (unpaired) electrons. The lowest BCUT2D eigenvalue weighted by Crippen LogP contribution is -2.24. The monoisotopic (exact) mass is 364 g/mol. The van der Waals surface area contributed by atoms with Gasteiger partial charge in [-0.15, -0.1) is 16.4 Å². The molecular formula is C18H16N6OS. The SMILES string of the molecule is Cc1cc(C)n2nc(C(=O)NCc3csc(-c4ccccc4)n3)nc2n1. The molecule has 1 N–H and O–H groups in total. The first-order valence-corrected chi connectivity index (χ1v) is 8.97. The summed E-state index contributed by atoms with van der Waals surface area (Å²) >= 11 is 1.55. The number of hydrogen-bond donors (Lipinski definition) is 1. The Kier molecular flexibility index (Phi) is 4.18. The van der Waals surface area contributed by atoms with Crippen LogP contribution in [0.1, 0.15) is 27.7 Å². The number of aryl methyl sites for hydroxylation is 2. The van der Waals surface area contributed by atoms with Crippen molar-refractivity contribution in [3.05, 3.63) is 64.7 Å². The highest BCUT2D eigenvalue weighted by molar-refractivity contribution is 7.13. The molecule has 26 heavy (non-hydrogen) atoms. The van der Waals surface area contributed by atoms with Crippen LogP contribution in [0.3, 0.4) is 0 Å². The van der Waals surface area contributed by atoms with Gasteiger partial charge in [-0.2, -0.15) is 4.98 Å². The van der Waals surface area contributed by atoms with Gasteiger partial charge in [-0.05, 0) is 19.9 Å². The van der Waals surface area contributed by atoms with Crippen LogP contribution in [0.15, 0.2) is 41.8 Å². The van der Waals surface area contributed by atoms with E-state index in [1.54, 1.807) is 15.9 Å². The van der Waals surface area contributed by atoms with Gasteiger partial charge in [0, 0.05) is 22.3 Å². The molecule has 3 heterocycles. The summed E-state index contributed by atoms with van der Waals surface area (Å²) < 4.78 is 1.57. The first-order chi connectivity index (χ1) is 12.6. The van der Waals surface area contributed by atoms with Crippen molar-refractivity contribution < 1.29 is 4.79 Å². The van der Waals surface area contributed by atoms with Crippen molar-refractivity contribution >= 4 is 23.0 Å². The summed E-state index contributed by atoms with van der Waals surface area (Å²) in [7, 11) is 0. The standard InChI is InChI=1S/C18H16N6OS/c1-11-8-12(2)24-18(20-11)22-15(23-24)16(25)19-9-14-10-26-17(21-14)13-6-4-3-5-7-13/h3-8,10H,9H2,1-2H3,(H,19,25). The zero-order valence-corrected chi connectivity index (χ0v) is 15.1. The number of carbonyl (C=O) groups excluding carboxylic acids is 1. The van der Waals surface area contributed by atoms with Gasteiger partial charge in [-0.25, -0.2) is 14.5 Å². The Balaban J connectivity index is 1.48. The van der Waals surface area contributed by atoms with Crippen molar-refractivity contribution in [1.29, 1.82) is 0 Å². The lowest BCUT2D eigenvalue weighted by molar-refractivity contribution is 0.0940. The van der Waals surface area contributed by atoms with Crippen LogP contribution in [0.2, 0.25) is 0 Å². The Morgan fingerprint density at radius 1 is 1.15 bits per heavy atom. The third kappa shape index (κ3) is 3.18. The molecule has 3 aromatic heterocycles. The van der Waals surface area contributed by atoms with Crippen LogP contribution in [0.4, 0.5) is 0 Å². The number of hydrogen-bond acceptors (Lipinski definition) is 6. The first-order valence-electron chi connectivity index (χ1n) is 8.09. The van der Waals surface area contributed by atoms with E-state index in [2.05, 4.69) is 25.4 Å². The van der Waals surface area contributed by atoms with Crippen LogP contribution in [0, 0.1) is 13.8 Å². The third-order valence-electron chi connectivity index (χ3n) is 3.82. The molecule has 0 atom stereocenters. The van der Waals surface area contributed by atoms with Gasteiger partial charge >= 0.3 is 0 Å². The number of fused-ring (bicyclic) bond motifs is 1. The third-order valence-corrected chi connectivity index (χ3v) is 4.76. The Morgan fingerprint density at radius 3 is 2.77 bits per heavy atom. The summed E-state index contributed by atoms with van der Waals surface area (Å²) in [6.07, 6.45) is 0. The molecule has 7 nitrogen and oxygen atoms in total. The molecule has 0 spiro atoms. The van der Waals surface area contributed by atoms with Gasteiger partial charge in [0.2, 0.25) is 5.82 Å². The molecule has 4 aromatic rings. The highest BCUT2D eigenvalue weighted by Gasteiger charge is 2.15. The van der Waals surface area contributed by atoms with Gasteiger partial charge in [0.15, 0.2) is 0 Å². The van der Waals surface area contributed by atoms with Crippen molar-refractivity contribution in [3.8, 4) is 10.6 Å². The summed E-state index contributed by atoms with van der Waals surface area (Å²) in [5.41, 5.74) is 3.58. The Hall–Kier alpha value is -3.13. The number of benzene rings is 1. The molecule has 1 amide bonds. The van der Waals surface area contributed by atoms with E-state index in [0.29, 0.717) is 12.3 Å². The minimum absolute atomic E-state index is 0.102.